The highest BCUT2D eigenvalue weighted by atomic mass is 35.5. The van der Waals surface area contributed by atoms with Crippen molar-refractivity contribution in [3.8, 4) is 0 Å². The van der Waals surface area contributed by atoms with Gasteiger partial charge in [-0.1, -0.05) is 30.1 Å². The van der Waals surface area contributed by atoms with Crippen molar-refractivity contribution < 1.29 is 13.2 Å². The first kappa shape index (κ1) is 17.0. The Kier molecular flexibility index (Phi) is 6.07. The van der Waals surface area contributed by atoms with E-state index in [9.17, 15) is 13.2 Å². The van der Waals surface area contributed by atoms with Crippen molar-refractivity contribution in [2.24, 2.45) is 0 Å². The fraction of sp³-hybridized carbons (Fsp3) is 0.364. The maximum absolute atomic E-state index is 11.8. The monoisotopic (exact) mass is 339 g/mol. The van der Waals surface area contributed by atoms with Gasteiger partial charge >= 0.3 is 0 Å². The summed E-state index contributed by atoms with van der Waals surface area (Å²) in [5.41, 5.74) is 6.00. The van der Waals surface area contributed by atoms with Crippen molar-refractivity contribution in [2.75, 3.05) is 24.6 Å². The van der Waals surface area contributed by atoms with E-state index in [1.807, 2.05) is 0 Å². The smallest absolute Gasteiger partial charge is 0.251 e. The van der Waals surface area contributed by atoms with Crippen LogP contribution in [0.5, 0.6) is 0 Å². The highest BCUT2D eigenvalue weighted by Crippen LogP contribution is 2.29. The highest BCUT2D eigenvalue weighted by Gasteiger charge is 2.13. The third-order valence-corrected chi connectivity index (χ3v) is 4.63. The van der Waals surface area contributed by atoms with Crippen LogP contribution in [0.4, 0.5) is 5.69 Å². The van der Waals surface area contributed by atoms with Gasteiger partial charge in [0.05, 0.1) is 21.5 Å². The van der Waals surface area contributed by atoms with Crippen molar-refractivity contribution in [3.63, 3.8) is 0 Å². The van der Waals surface area contributed by atoms with E-state index in [0.717, 1.165) is 0 Å². The summed E-state index contributed by atoms with van der Waals surface area (Å²) < 4.78 is 25.1. The molecule has 0 aliphatic heterocycles. The third-order valence-electron chi connectivity index (χ3n) is 2.34. The minimum Gasteiger partial charge on any atom is -0.397 e. The number of nitrogens with one attached hydrogen (secondary N) is 2. The first-order chi connectivity index (χ1) is 9.26. The van der Waals surface area contributed by atoms with Crippen molar-refractivity contribution >= 4 is 44.8 Å². The Hall–Kier alpha value is -1.02. The number of hydrogen-bond acceptors (Lipinski definition) is 4. The van der Waals surface area contributed by atoms with Gasteiger partial charge in [-0.3, -0.25) is 4.79 Å². The Bertz CT molecular complexity index is 582. The second-order valence-electron chi connectivity index (χ2n) is 3.93. The molecule has 9 heteroatoms. The van der Waals surface area contributed by atoms with E-state index in [1.54, 1.807) is 6.92 Å². The normalized spacial score (nSPS) is 11.3. The summed E-state index contributed by atoms with van der Waals surface area (Å²) in [6.07, 6.45) is 0. The van der Waals surface area contributed by atoms with Gasteiger partial charge in [0, 0.05) is 18.7 Å². The number of halogens is 2. The summed E-state index contributed by atoms with van der Waals surface area (Å²) in [7, 11) is -3.37. The number of nitrogens with two attached hydrogens (primary N) is 1. The molecule has 4 N–H and O–H groups in total. The Morgan fingerprint density at radius 1 is 1.35 bits per heavy atom. The molecular formula is C11H15Cl2N3O3S. The lowest BCUT2D eigenvalue weighted by atomic mass is 10.2. The number of benzene rings is 1. The average molecular weight is 340 g/mol. The van der Waals surface area contributed by atoms with Crippen LogP contribution in [-0.2, 0) is 10.0 Å². The lowest BCUT2D eigenvalue weighted by molar-refractivity contribution is 0.0956. The number of carbonyl (C=O) groups excluding carboxylic acids is 1. The standard InChI is InChI=1S/C11H15Cl2N3O3S/c1-2-16-20(18,19)4-3-15-11(17)7-5-8(12)10(13)9(14)6-7/h5-6,16H,2-4,14H2,1H3,(H,15,17). The van der Waals surface area contributed by atoms with E-state index >= 15 is 0 Å². The van der Waals surface area contributed by atoms with Gasteiger partial charge in [-0.15, -0.1) is 0 Å². The fourth-order valence-electron chi connectivity index (χ4n) is 1.43. The summed E-state index contributed by atoms with van der Waals surface area (Å²) in [5, 5.41) is 2.81. The molecule has 1 amide bonds. The molecule has 0 aromatic heterocycles. The number of carbonyl (C=O) groups is 1. The van der Waals surface area contributed by atoms with Crippen LogP contribution < -0.4 is 15.8 Å². The van der Waals surface area contributed by atoms with E-state index in [0.29, 0.717) is 6.54 Å². The highest BCUT2D eigenvalue weighted by molar-refractivity contribution is 7.89. The number of amides is 1. The van der Waals surface area contributed by atoms with Crippen LogP contribution >= 0.6 is 23.2 Å². The molecule has 1 aromatic carbocycles. The number of nitrogen functional groups attached to an aromatic ring is 1. The molecule has 6 nitrogen and oxygen atoms in total. The first-order valence-electron chi connectivity index (χ1n) is 5.77. The molecule has 0 spiro atoms. The topological polar surface area (TPSA) is 101 Å². The van der Waals surface area contributed by atoms with Crippen LogP contribution in [0.1, 0.15) is 17.3 Å². The minimum atomic E-state index is -3.37. The van der Waals surface area contributed by atoms with Crippen molar-refractivity contribution in [1.29, 1.82) is 0 Å². The molecular weight excluding hydrogens is 325 g/mol. The van der Waals surface area contributed by atoms with Crippen LogP contribution in [0.2, 0.25) is 10.0 Å². The Balaban J connectivity index is 2.65. The Labute approximate surface area is 127 Å². The quantitative estimate of drug-likeness (QED) is 0.678. The van der Waals surface area contributed by atoms with Crippen LogP contribution in [0.3, 0.4) is 0 Å². The van der Waals surface area contributed by atoms with Gasteiger partial charge < -0.3 is 11.1 Å². The maximum atomic E-state index is 11.8. The second-order valence-corrected chi connectivity index (χ2v) is 6.65. The SMILES string of the molecule is CCNS(=O)(=O)CCNC(=O)c1cc(N)c(Cl)c(Cl)c1. The summed E-state index contributed by atoms with van der Waals surface area (Å²) in [6.45, 7) is 1.96. The van der Waals surface area contributed by atoms with Crippen molar-refractivity contribution in [1.82, 2.24) is 10.0 Å². The molecule has 0 radical (unpaired) electrons. The molecule has 20 heavy (non-hydrogen) atoms. The molecule has 0 saturated carbocycles. The molecule has 112 valence electrons. The van der Waals surface area contributed by atoms with E-state index in [4.69, 9.17) is 28.9 Å². The van der Waals surface area contributed by atoms with Crippen LogP contribution in [0, 0.1) is 0 Å². The summed E-state index contributed by atoms with van der Waals surface area (Å²) in [6, 6.07) is 2.75. The molecule has 0 unspecified atom stereocenters. The van der Waals surface area contributed by atoms with Gasteiger partial charge in [0.15, 0.2) is 0 Å². The van der Waals surface area contributed by atoms with Gasteiger partial charge in [-0.2, -0.15) is 0 Å². The number of hydrogen-bond donors (Lipinski definition) is 3. The maximum Gasteiger partial charge on any atom is 0.251 e. The molecule has 0 atom stereocenters. The zero-order valence-corrected chi connectivity index (χ0v) is 13.1. The van der Waals surface area contributed by atoms with Crippen molar-refractivity contribution in [2.45, 2.75) is 6.92 Å². The van der Waals surface area contributed by atoms with Crippen molar-refractivity contribution in [3.05, 3.63) is 27.7 Å². The molecule has 0 heterocycles. The molecule has 0 bridgehead atoms. The van der Waals surface area contributed by atoms with E-state index in [2.05, 4.69) is 10.0 Å². The summed E-state index contributed by atoms with van der Waals surface area (Å²) >= 11 is 11.6. The van der Waals surface area contributed by atoms with Gasteiger partial charge in [-0.25, -0.2) is 13.1 Å². The molecule has 0 fully saturated rings. The van der Waals surface area contributed by atoms with Gasteiger partial charge in [0.1, 0.15) is 0 Å². The van der Waals surface area contributed by atoms with Gasteiger partial charge in [-0.05, 0) is 12.1 Å². The molecule has 0 saturated heterocycles. The number of sulfonamides is 1. The van der Waals surface area contributed by atoms with Crippen LogP contribution in [0.25, 0.3) is 0 Å². The van der Waals surface area contributed by atoms with Gasteiger partial charge in [0.25, 0.3) is 5.91 Å². The van der Waals surface area contributed by atoms with Crippen LogP contribution in [-0.4, -0.2) is 33.2 Å². The zero-order chi connectivity index (χ0) is 15.3. The lowest BCUT2D eigenvalue weighted by Gasteiger charge is -2.08. The van der Waals surface area contributed by atoms with E-state index < -0.39 is 15.9 Å². The number of rotatable bonds is 6. The Morgan fingerprint density at radius 3 is 2.55 bits per heavy atom. The largest absolute Gasteiger partial charge is 0.397 e. The second kappa shape index (κ2) is 7.12. The fourth-order valence-corrected chi connectivity index (χ4v) is 2.73. The minimum absolute atomic E-state index is 0.0195. The predicted molar refractivity (Wildman–Crippen MR) is 80.7 cm³/mol. The summed E-state index contributed by atoms with van der Waals surface area (Å²) in [5.74, 6) is -0.675. The van der Waals surface area contributed by atoms with E-state index in [-0.39, 0.29) is 33.6 Å². The molecule has 1 aromatic rings. The average Bonchev–Trinajstić information content (AvgIpc) is 2.34. The van der Waals surface area contributed by atoms with E-state index in [1.165, 1.54) is 12.1 Å². The molecule has 0 aliphatic rings. The molecule has 0 aliphatic carbocycles. The predicted octanol–water partition coefficient (Wildman–Crippen LogP) is 1.24. The third kappa shape index (κ3) is 4.82. The zero-order valence-electron chi connectivity index (χ0n) is 10.7. The van der Waals surface area contributed by atoms with Gasteiger partial charge in [0.2, 0.25) is 10.0 Å². The Morgan fingerprint density at radius 2 is 2.00 bits per heavy atom. The lowest BCUT2D eigenvalue weighted by Crippen LogP contribution is -2.34. The molecule has 1 rings (SSSR count). The number of anilines is 1. The first-order valence-corrected chi connectivity index (χ1v) is 8.17. The van der Waals surface area contributed by atoms with Crippen LogP contribution in [0.15, 0.2) is 12.1 Å². The summed E-state index contributed by atoms with van der Waals surface area (Å²) in [4.78, 5) is 11.8.